The summed E-state index contributed by atoms with van der Waals surface area (Å²) in [5.74, 6) is 0. The molecule has 0 N–H and O–H groups in total. The van der Waals surface area contributed by atoms with Crippen LogP contribution in [0.2, 0.25) is 0 Å². The zero-order valence-electron chi connectivity index (χ0n) is 1.70. The fourth-order valence-corrected chi connectivity index (χ4v) is 0. The van der Waals surface area contributed by atoms with Crippen LogP contribution in [0.5, 0.6) is 0 Å². The SMILES string of the molecule is S=C[O][Au].[KH]. The van der Waals surface area contributed by atoms with Crippen LogP contribution in [-0.4, -0.2) is 56.9 Å². The van der Waals surface area contributed by atoms with E-state index in [2.05, 4.69) is 15.5 Å². The molecule has 0 rings (SSSR count). The Balaban J connectivity index is 0. The molecule has 5 heavy (non-hydrogen) atoms. The van der Waals surface area contributed by atoms with Gasteiger partial charge in [-0.3, -0.25) is 0 Å². The van der Waals surface area contributed by atoms with Crippen LogP contribution in [0.1, 0.15) is 0 Å². The Kier molecular flexibility index (Phi) is 19.6. The van der Waals surface area contributed by atoms with E-state index in [-0.39, 0.29) is 51.4 Å². The Morgan fingerprint density at radius 3 is 2.00 bits per heavy atom. The summed E-state index contributed by atoms with van der Waals surface area (Å²) in [5.41, 5.74) is 1.18. The molecule has 0 aromatic heterocycles. The summed E-state index contributed by atoms with van der Waals surface area (Å²) >= 11 is 6.03. The average Bonchev–Trinajstić information content (AvgIpc) is 1.37. The second-order valence-electron chi connectivity index (χ2n) is 0.167. The van der Waals surface area contributed by atoms with Gasteiger partial charge in [-0.2, -0.15) is 0 Å². The molecule has 0 fully saturated rings. The van der Waals surface area contributed by atoms with Gasteiger partial charge in [-0.25, -0.2) is 0 Å². The van der Waals surface area contributed by atoms with Crippen molar-refractivity contribution < 1.29 is 24.7 Å². The summed E-state index contributed by atoms with van der Waals surface area (Å²) in [4.78, 5) is 0. The number of hydrogen-bond acceptors (Lipinski definition) is 2. The zero-order valence-corrected chi connectivity index (χ0v) is 4.68. The van der Waals surface area contributed by atoms with Crippen molar-refractivity contribution in [1.29, 1.82) is 0 Å². The quantitative estimate of drug-likeness (QED) is 0.489. The fourth-order valence-electron chi connectivity index (χ4n) is 0. The number of rotatable bonds is 1. The third kappa shape index (κ3) is 10.7. The minimum atomic E-state index is 0. The van der Waals surface area contributed by atoms with E-state index >= 15 is 0 Å². The normalized spacial score (nSPS) is 4.40. The average molecular weight is 298 g/mol. The molecule has 1 nitrogen and oxygen atoms in total. The van der Waals surface area contributed by atoms with Crippen molar-refractivity contribution in [3.63, 3.8) is 0 Å². The van der Waals surface area contributed by atoms with E-state index < -0.39 is 0 Å². The molecule has 30 valence electrons. The maximum absolute atomic E-state index is 4.19. The molecule has 0 aromatic rings. The van der Waals surface area contributed by atoms with Crippen LogP contribution in [0, 0.1) is 0 Å². The Labute approximate surface area is 91.7 Å². The Morgan fingerprint density at radius 2 is 2.00 bits per heavy atom. The molecule has 0 saturated carbocycles. The first-order valence-electron chi connectivity index (χ1n) is 0.594. The summed E-state index contributed by atoms with van der Waals surface area (Å²) in [6.07, 6.45) is 0. The molecule has 0 spiro atoms. The van der Waals surface area contributed by atoms with Gasteiger partial charge in [-0.05, 0) is 0 Å². The van der Waals surface area contributed by atoms with E-state index in [0.717, 1.165) is 0 Å². The maximum atomic E-state index is 4.19. The van der Waals surface area contributed by atoms with E-state index in [1.165, 1.54) is 5.55 Å². The van der Waals surface area contributed by atoms with Crippen molar-refractivity contribution in [3.8, 4) is 0 Å². The van der Waals surface area contributed by atoms with Gasteiger partial charge in [0.2, 0.25) is 0 Å². The molecular formula is CH2AuKOS. The van der Waals surface area contributed by atoms with E-state index in [9.17, 15) is 0 Å². The molecule has 4 heteroatoms. The number of thiocarbonyl (C=S) groups is 1. The summed E-state index contributed by atoms with van der Waals surface area (Å²) in [6.45, 7) is 0. The first-order chi connectivity index (χ1) is 1.91. The first-order valence-corrected chi connectivity index (χ1v) is 1.95. The van der Waals surface area contributed by atoms with Gasteiger partial charge < -0.3 is 0 Å². The van der Waals surface area contributed by atoms with Crippen molar-refractivity contribution in [3.05, 3.63) is 0 Å². The Morgan fingerprint density at radius 1 is 1.80 bits per heavy atom. The summed E-state index contributed by atoms with van der Waals surface area (Å²) in [5, 5.41) is 0. The molecule has 0 bridgehead atoms. The van der Waals surface area contributed by atoms with Gasteiger partial charge in [0.05, 0.1) is 0 Å². The molecule has 0 radical (unpaired) electrons. The fraction of sp³-hybridized carbons (Fsp3) is 0. The van der Waals surface area contributed by atoms with E-state index in [4.69, 9.17) is 0 Å². The summed E-state index contributed by atoms with van der Waals surface area (Å²) in [6, 6.07) is 0. The molecular weight excluding hydrogens is 296 g/mol. The van der Waals surface area contributed by atoms with Crippen LogP contribution in [-0.2, 0) is 24.7 Å². The molecule has 0 heterocycles. The molecule has 0 aromatic carbocycles. The molecule has 0 atom stereocenters. The van der Waals surface area contributed by atoms with E-state index in [1.54, 1.807) is 0 Å². The van der Waals surface area contributed by atoms with Gasteiger partial charge in [0.1, 0.15) is 0 Å². The van der Waals surface area contributed by atoms with Crippen molar-refractivity contribution in [2.75, 3.05) is 0 Å². The number of hydrogen-bond donors (Lipinski definition) is 0. The summed E-state index contributed by atoms with van der Waals surface area (Å²) < 4.78 is 4.18. The van der Waals surface area contributed by atoms with Gasteiger partial charge in [0.15, 0.2) is 0 Å². The predicted octanol–water partition coefficient (Wildman–Crippen LogP) is -0.227. The van der Waals surface area contributed by atoms with Gasteiger partial charge in [0.25, 0.3) is 0 Å². The predicted molar refractivity (Wildman–Crippen MR) is 21.9 cm³/mol. The van der Waals surface area contributed by atoms with Gasteiger partial charge in [-0.1, -0.05) is 0 Å². The van der Waals surface area contributed by atoms with Crippen molar-refractivity contribution in [2.45, 2.75) is 0 Å². The minimum absolute atomic E-state index is 0. The van der Waals surface area contributed by atoms with E-state index in [0.29, 0.717) is 0 Å². The van der Waals surface area contributed by atoms with Crippen molar-refractivity contribution >= 4 is 69.2 Å². The second kappa shape index (κ2) is 9.55. The molecule has 0 amide bonds. The molecule has 0 aliphatic rings. The molecule has 0 aliphatic heterocycles. The summed E-state index contributed by atoms with van der Waals surface area (Å²) in [7, 11) is 0. The van der Waals surface area contributed by atoms with Crippen molar-refractivity contribution in [2.24, 2.45) is 0 Å². The molecule has 0 saturated heterocycles. The molecule has 0 unspecified atom stereocenters. The van der Waals surface area contributed by atoms with Gasteiger partial charge in [0, 0.05) is 0 Å². The third-order valence-corrected chi connectivity index (χ3v) is 0.712. The van der Waals surface area contributed by atoms with E-state index in [1.807, 2.05) is 21.5 Å². The first kappa shape index (κ1) is 10.3. The van der Waals surface area contributed by atoms with Crippen LogP contribution in [0.25, 0.3) is 0 Å². The van der Waals surface area contributed by atoms with Crippen LogP contribution in [0.15, 0.2) is 0 Å². The van der Waals surface area contributed by atoms with Crippen LogP contribution < -0.4 is 0 Å². The van der Waals surface area contributed by atoms with Crippen LogP contribution in [0.4, 0.5) is 0 Å². The standard InChI is InChI=1S/CH2OS.Au.K.H/c2-1-3;;;/h1H,(H,2,3);;;/q;+1;;/p-1. The monoisotopic (exact) mass is 298 g/mol. The third-order valence-electron chi connectivity index (χ3n) is 0.0290. The Bertz CT molecular complexity index is 25.6. The second-order valence-corrected chi connectivity index (χ2v) is 0.870. The Hall–Kier alpha value is 2.27. The van der Waals surface area contributed by atoms with Gasteiger partial charge in [-0.15, -0.1) is 0 Å². The topological polar surface area (TPSA) is 9.23 Å². The molecule has 0 aliphatic carbocycles. The van der Waals surface area contributed by atoms with Crippen LogP contribution in [0.3, 0.4) is 0 Å². The van der Waals surface area contributed by atoms with Gasteiger partial charge >= 0.3 is 93.9 Å². The zero-order chi connectivity index (χ0) is 3.41. The van der Waals surface area contributed by atoms with Crippen molar-refractivity contribution in [1.82, 2.24) is 0 Å². The van der Waals surface area contributed by atoms with Crippen LogP contribution >= 0.6 is 12.2 Å².